The fraction of sp³-hybridized carbons (Fsp3) is 0.417. The molecule has 1 aromatic carbocycles. The van der Waals surface area contributed by atoms with E-state index in [0.717, 1.165) is 24.0 Å². The van der Waals surface area contributed by atoms with Crippen molar-refractivity contribution in [2.24, 2.45) is 0 Å². The third-order valence-corrected chi connectivity index (χ3v) is 2.49. The highest BCUT2D eigenvalue weighted by Crippen LogP contribution is 2.17. The van der Waals surface area contributed by atoms with Crippen LogP contribution in [0.4, 0.5) is 0 Å². The smallest absolute Gasteiger partial charge is 0.163 e. The molecule has 1 aromatic rings. The van der Waals surface area contributed by atoms with Gasteiger partial charge >= 0.3 is 0 Å². The highest BCUT2D eigenvalue weighted by atomic mass is 35.5. The molecule has 14 heavy (non-hydrogen) atoms. The van der Waals surface area contributed by atoms with E-state index in [9.17, 15) is 4.79 Å². The molecule has 0 saturated carbocycles. The van der Waals surface area contributed by atoms with Crippen molar-refractivity contribution in [3.63, 3.8) is 0 Å². The number of carbonyl (C=O) groups excluding carboxylic acids is 1. The first-order chi connectivity index (χ1) is 6.65. The molecule has 0 amide bonds. The molecular weight excluding hydrogens is 196 g/mol. The summed E-state index contributed by atoms with van der Waals surface area (Å²) in [6.07, 6.45) is 2.62. The van der Waals surface area contributed by atoms with E-state index in [1.807, 2.05) is 19.1 Å². The molecule has 2 heteroatoms. The van der Waals surface area contributed by atoms with Gasteiger partial charge in [0.05, 0.1) is 0 Å². The molecule has 0 radical (unpaired) electrons. The topological polar surface area (TPSA) is 17.1 Å². The van der Waals surface area contributed by atoms with E-state index in [1.54, 1.807) is 6.07 Å². The van der Waals surface area contributed by atoms with E-state index in [4.69, 9.17) is 11.6 Å². The second kappa shape index (κ2) is 5.16. The summed E-state index contributed by atoms with van der Waals surface area (Å²) in [4.78, 5) is 11.7. The second-order valence-corrected chi connectivity index (χ2v) is 3.92. The van der Waals surface area contributed by atoms with E-state index in [1.165, 1.54) is 0 Å². The Kier molecular flexibility index (Phi) is 4.15. The molecule has 0 aliphatic heterocycles. The Hall–Kier alpha value is -0.820. The Morgan fingerprint density at radius 1 is 1.43 bits per heavy atom. The van der Waals surface area contributed by atoms with Gasteiger partial charge in [0.25, 0.3) is 0 Å². The maximum atomic E-state index is 11.7. The lowest BCUT2D eigenvalue weighted by Crippen LogP contribution is -2.01. The van der Waals surface area contributed by atoms with Crippen LogP contribution in [0.1, 0.15) is 42.1 Å². The Labute approximate surface area is 90.1 Å². The lowest BCUT2D eigenvalue weighted by molar-refractivity contribution is 0.0979. The SMILES string of the molecule is CCCCC(=O)c1cc(Cl)ccc1C. The molecule has 0 bridgehead atoms. The lowest BCUT2D eigenvalue weighted by atomic mass is 10.0. The summed E-state index contributed by atoms with van der Waals surface area (Å²) in [6.45, 7) is 4.02. The minimum Gasteiger partial charge on any atom is -0.294 e. The Balaban J connectivity index is 2.83. The maximum Gasteiger partial charge on any atom is 0.163 e. The Morgan fingerprint density at radius 3 is 2.79 bits per heavy atom. The average molecular weight is 211 g/mol. The number of benzene rings is 1. The predicted molar refractivity (Wildman–Crippen MR) is 60.0 cm³/mol. The van der Waals surface area contributed by atoms with Crippen LogP contribution in [-0.4, -0.2) is 5.78 Å². The van der Waals surface area contributed by atoms with Crippen LogP contribution in [0, 0.1) is 6.92 Å². The first-order valence-corrected chi connectivity index (χ1v) is 5.32. The summed E-state index contributed by atoms with van der Waals surface area (Å²) in [5, 5.41) is 0.635. The Bertz CT molecular complexity index is 331. The predicted octanol–water partition coefficient (Wildman–Crippen LogP) is 4.02. The fourth-order valence-corrected chi connectivity index (χ4v) is 1.54. The van der Waals surface area contributed by atoms with Crippen LogP contribution in [0.2, 0.25) is 5.02 Å². The molecule has 0 heterocycles. The molecule has 0 atom stereocenters. The quantitative estimate of drug-likeness (QED) is 0.686. The van der Waals surface area contributed by atoms with Crippen molar-refractivity contribution in [1.82, 2.24) is 0 Å². The zero-order chi connectivity index (χ0) is 10.6. The van der Waals surface area contributed by atoms with Gasteiger partial charge in [0.2, 0.25) is 0 Å². The number of ketones is 1. The van der Waals surface area contributed by atoms with E-state index in [0.29, 0.717) is 11.4 Å². The monoisotopic (exact) mass is 210 g/mol. The van der Waals surface area contributed by atoms with Gasteiger partial charge in [-0.05, 0) is 31.0 Å². The molecule has 0 unspecified atom stereocenters. The van der Waals surface area contributed by atoms with Crippen LogP contribution in [0.5, 0.6) is 0 Å². The van der Waals surface area contributed by atoms with Crippen molar-refractivity contribution < 1.29 is 4.79 Å². The van der Waals surface area contributed by atoms with Gasteiger partial charge in [-0.1, -0.05) is 31.0 Å². The summed E-state index contributed by atoms with van der Waals surface area (Å²) in [6, 6.07) is 5.46. The van der Waals surface area contributed by atoms with Crippen molar-refractivity contribution in [2.75, 3.05) is 0 Å². The van der Waals surface area contributed by atoms with Crippen LogP contribution < -0.4 is 0 Å². The number of aryl methyl sites for hydroxylation is 1. The van der Waals surface area contributed by atoms with Crippen LogP contribution in [0.3, 0.4) is 0 Å². The molecule has 0 fully saturated rings. The molecule has 0 saturated heterocycles. The van der Waals surface area contributed by atoms with Crippen LogP contribution in [-0.2, 0) is 0 Å². The number of hydrogen-bond acceptors (Lipinski definition) is 1. The number of unbranched alkanes of at least 4 members (excludes halogenated alkanes) is 1. The summed E-state index contributed by atoms with van der Waals surface area (Å²) >= 11 is 5.84. The molecule has 1 nitrogen and oxygen atoms in total. The van der Waals surface area contributed by atoms with Crippen LogP contribution in [0.15, 0.2) is 18.2 Å². The van der Waals surface area contributed by atoms with Gasteiger partial charge in [0.15, 0.2) is 5.78 Å². The summed E-state index contributed by atoms with van der Waals surface area (Å²) < 4.78 is 0. The maximum absolute atomic E-state index is 11.7. The summed E-state index contributed by atoms with van der Waals surface area (Å²) in [7, 11) is 0. The van der Waals surface area contributed by atoms with Gasteiger partial charge in [0.1, 0.15) is 0 Å². The van der Waals surface area contributed by atoms with Crippen molar-refractivity contribution in [1.29, 1.82) is 0 Å². The van der Waals surface area contributed by atoms with Crippen molar-refractivity contribution in [2.45, 2.75) is 33.1 Å². The third-order valence-electron chi connectivity index (χ3n) is 2.26. The first-order valence-electron chi connectivity index (χ1n) is 4.94. The third kappa shape index (κ3) is 2.85. The van der Waals surface area contributed by atoms with Gasteiger partial charge < -0.3 is 0 Å². The standard InChI is InChI=1S/C12H15ClO/c1-3-4-5-12(14)11-8-10(13)7-6-9(11)2/h6-8H,3-5H2,1-2H3. The number of Topliss-reactive ketones (excluding diaryl/α,β-unsaturated/α-hetero) is 1. The van der Waals surface area contributed by atoms with Gasteiger partial charge in [-0.2, -0.15) is 0 Å². The number of carbonyl (C=O) groups is 1. The zero-order valence-corrected chi connectivity index (χ0v) is 9.40. The molecule has 0 aliphatic rings. The fourth-order valence-electron chi connectivity index (χ4n) is 1.37. The normalized spacial score (nSPS) is 10.2. The van der Waals surface area contributed by atoms with Crippen LogP contribution >= 0.6 is 11.6 Å². The summed E-state index contributed by atoms with van der Waals surface area (Å²) in [5.41, 5.74) is 1.78. The summed E-state index contributed by atoms with van der Waals surface area (Å²) in [5.74, 6) is 0.201. The number of halogens is 1. The van der Waals surface area contributed by atoms with E-state index in [2.05, 4.69) is 6.92 Å². The lowest BCUT2D eigenvalue weighted by Gasteiger charge is -2.04. The molecule has 0 aliphatic carbocycles. The van der Waals surface area contributed by atoms with E-state index < -0.39 is 0 Å². The van der Waals surface area contributed by atoms with E-state index in [-0.39, 0.29) is 5.78 Å². The highest BCUT2D eigenvalue weighted by molar-refractivity contribution is 6.31. The minimum absolute atomic E-state index is 0.201. The van der Waals surface area contributed by atoms with Crippen molar-refractivity contribution in [3.8, 4) is 0 Å². The number of hydrogen-bond donors (Lipinski definition) is 0. The average Bonchev–Trinajstić information content (AvgIpc) is 2.18. The largest absolute Gasteiger partial charge is 0.294 e. The van der Waals surface area contributed by atoms with Crippen molar-refractivity contribution in [3.05, 3.63) is 34.3 Å². The van der Waals surface area contributed by atoms with Gasteiger partial charge in [0, 0.05) is 17.0 Å². The molecule has 0 N–H and O–H groups in total. The van der Waals surface area contributed by atoms with Crippen molar-refractivity contribution >= 4 is 17.4 Å². The van der Waals surface area contributed by atoms with Crippen LogP contribution in [0.25, 0.3) is 0 Å². The number of rotatable bonds is 4. The molecule has 76 valence electrons. The zero-order valence-electron chi connectivity index (χ0n) is 8.64. The molecule has 1 rings (SSSR count). The Morgan fingerprint density at radius 2 is 2.14 bits per heavy atom. The molecule has 0 aromatic heterocycles. The van der Waals surface area contributed by atoms with Gasteiger partial charge in [-0.25, -0.2) is 0 Å². The highest BCUT2D eigenvalue weighted by Gasteiger charge is 2.08. The van der Waals surface area contributed by atoms with Gasteiger partial charge in [-0.15, -0.1) is 0 Å². The minimum atomic E-state index is 0.201. The first kappa shape index (κ1) is 11.3. The molecule has 0 spiro atoms. The van der Waals surface area contributed by atoms with E-state index >= 15 is 0 Å². The second-order valence-electron chi connectivity index (χ2n) is 3.49. The van der Waals surface area contributed by atoms with Gasteiger partial charge in [-0.3, -0.25) is 4.79 Å². The molecular formula is C12H15ClO.